The van der Waals surface area contributed by atoms with Gasteiger partial charge >= 0.3 is 14.0 Å². The lowest BCUT2D eigenvalue weighted by atomic mass is 10.0. The Hall–Kier alpha value is -2.31. The predicted octanol–water partition coefficient (Wildman–Crippen LogP) is 2.77. The minimum Gasteiger partial charge on any atom is -0.497 e. The highest BCUT2D eigenvalue weighted by atomic mass is 31.1. The molecule has 1 heterocycles. The van der Waals surface area contributed by atoms with Gasteiger partial charge in [-0.15, -0.1) is 0 Å². The summed E-state index contributed by atoms with van der Waals surface area (Å²) in [5.74, 6) is -0.246. The SMILES string of the molecule is COc1ccc(CC([C@H]2CN[C@H](c3cccc(C(=O)O)c3)CO2)[P+](=O)O)cc1. The monoisotopic (exact) mass is 404 g/mol. The molecule has 0 amide bonds. The third kappa shape index (κ3) is 4.94. The first-order valence-electron chi connectivity index (χ1n) is 8.94. The molecule has 28 heavy (non-hydrogen) atoms. The van der Waals surface area contributed by atoms with Crippen molar-refractivity contribution in [1.82, 2.24) is 5.32 Å². The van der Waals surface area contributed by atoms with Crippen molar-refractivity contribution >= 4 is 14.0 Å². The fraction of sp³-hybridized carbons (Fsp3) is 0.350. The lowest BCUT2D eigenvalue weighted by molar-refractivity contribution is 0.000664. The third-order valence-corrected chi connectivity index (χ3v) is 5.98. The van der Waals surface area contributed by atoms with Crippen LogP contribution in [0.15, 0.2) is 48.5 Å². The maximum Gasteiger partial charge on any atom is 0.511 e. The van der Waals surface area contributed by atoms with Gasteiger partial charge in [0.15, 0.2) is 0 Å². The molecule has 3 N–H and O–H groups in total. The average molecular weight is 404 g/mol. The van der Waals surface area contributed by atoms with Gasteiger partial charge in [0, 0.05) is 13.0 Å². The van der Waals surface area contributed by atoms with E-state index in [1.807, 2.05) is 30.3 Å². The van der Waals surface area contributed by atoms with E-state index in [4.69, 9.17) is 14.6 Å². The summed E-state index contributed by atoms with van der Waals surface area (Å²) in [5.41, 5.74) is 1.43. The molecule has 1 aliphatic rings. The van der Waals surface area contributed by atoms with Gasteiger partial charge in [-0.1, -0.05) is 24.3 Å². The topological polar surface area (TPSA) is 105 Å². The molecular formula is C20H23NO6P+. The van der Waals surface area contributed by atoms with Crippen LogP contribution in [-0.2, 0) is 15.7 Å². The Morgan fingerprint density at radius 3 is 2.64 bits per heavy atom. The maximum absolute atomic E-state index is 11.9. The Morgan fingerprint density at radius 2 is 2.07 bits per heavy atom. The largest absolute Gasteiger partial charge is 0.511 e. The van der Waals surface area contributed by atoms with Crippen molar-refractivity contribution in [3.63, 3.8) is 0 Å². The molecule has 8 heteroatoms. The fourth-order valence-electron chi connectivity index (χ4n) is 3.30. The number of ether oxygens (including phenoxy) is 2. The molecule has 0 aliphatic carbocycles. The van der Waals surface area contributed by atoms with Gasteiger partial charge < -0.3 is 19.9 Å². The number of hydrogen-bond donors (Lipinski definition) is 3. The maximum atomic E-state index is 11.9. The second-order valence-corrected chi connectivity index (χ2v) is 7.95. The van der Waals surface area contributed by atoms with Crippen LogP contribution in [0.3, 0.4) is 0 Å². The zero-order valence-corrected chi connectivity index (χ0v) is 16.3. The van der Waals surface area contributed by atoms with Crippen molar-refractivity contribution in [1.29, 1.82) is 0 Å². The van der Waals surface area contributed by atoms with E-state index in [0.29, 0.717) is 19.6 Å². The summed E-state index contributed by atoms with van der Waals surface area (Å²) in [7, 11) is -0.838. The predicted molar refractivity (Wildman–Crippen MR) is 104 cm³/mol. The van der Waals surface area contributed by atoms with E-state index in [1.165, 1.54) is 0 Å². The molecule has 2 aromatic rings. The Bertz CT molecular complexity index is 833. The van der Waals surface area contributed by atoms with Crippen LogP contribution in [0.4, 0.5) is 0 Å². The molecule has 2 aromatic carbocycles. The lowest BCUT2D eigenvalue weighted by Crippen LogP contribution is -2.46. The quantitative estimate of drug-likeness (QED) is 0.610. The number of aromatic carboxylic acids is 1. The standard InChI is InChI=1S/C20H22NO6P/c1-26-16-7-5-13(6-8-16)9-19(28(24)25)18-11-21-17(12-27-18)14-3-2-4-15(10-14)20(22)23/h2-8,10,17-19,21H,9,11-12H2,1H3,(H-,22,23,24,25)/p+1/t17-,18+,19?/m0/s1. The van der Waals surface area contributed by atoms with Crippen molar-refractivity contribution in [3.8, 4) is 5.75 Å². The van der Waals surface area contributed by atoms with Crippen LogP contribution in [0.5, 0.6) is 5.75 Å². The van der Waals surface area contributed by atoms with E-state index in [2.05, 4.69) is 5.32 Å². The molecule has 0 radical (unpaired) electrons. The first-order chi connectivity index (χ1) is 13.5. The van der Waals surface area contributed by atoms with Crippen molar-refractivity contribution in [3.05, 3.63) is 65.2 Å². The highest BCUT2D eigenvalue weighted by molar-refractivity contribution is 7.39. The van der Waals surface area contributed by atoms with Gasteiger partial charge in [0.2, 0.25) is 5.66 Å². The van der Waals surface area contributed by atoms with Gasteiger partial charge in [-0.3, -0.25) is 0 Å². The highest BCUT2D eigenvalue weighted by Crippen LogP contribution is 2.33. The summed E-state index contributed by atoms with van der Waals surface area (Å²) in [4.78, 5) is 21.0. The normalized spacial score (nSPS) is 21.0. The number of carbonyl (C=O) groups is 1. The molecule has 0 aromatic heterocycles. The summed E-state index contributed by atoms with van der Waals surface area (Å²) < 4.78 is 23.0. The zero-order valence-electron chi connectivity index (χ0n) is 15.4. The van der Waals surface area contributed by atoms with Gasteiger partial charge in [-0.05, 0) is 40.0 Å². The number of morpholine rings is 1. The minimum absolute atomic E-state index is 0.159. The van der Waals surface area contributed by atoms with E-state index in [1.54, 1.807) is 25.3 Å². The van der Waals surface area contributed by atoms with Crippen molar-refractivity contribution in [2.45, 2.75) is 24.2 Å². The van der Waals surface area contributed by atoms with E-state index in [9.17, 15) is 14.3 Å². The van der Waals surface area contributed by atoms with Crippen LogP contribution >= 0.6 is 8.03 Å². The molecule has 1 fully saturated rings. The molecule has 148 valence electrons. The van der Waals surface area contributed by atoms with E-state index in [0.717, 1.165) is 16.9 Å². The molecule has 7 nitrogen and oxygen atoms in total. The second-order valence-electron chi connectivity index (χ2n) is 6.69. The molecule has 4 atom stereocenters. The van der Waals surface area contributed by atoms with E-state index >= 15 is 0 Å². The fourth-order valence-corrected chi connectivity index (χ4v) is 4.14. The number of rotatable bonds is 7. The summed E-state index contributed by atoms with van der Waals surface area (Å²) in [6.45, 7) is 0.709. The van der Waals surface area contributed by atoms with E-state index in [-0.39, 0.29) is 11.6 Å². The summed E-state index contributed by atoms with van der Waals surface area (Å²) in [6, 6.07) is 13.9. The van der Waals surface area contributed by atoms with Crippen LogP contribution < -0.4 is 10.1 Å². The Kier molecular flexibility index (Phi) is 6.75. The number of benzene rings is 2. The van der Waals surface area contributed by atoms with Crippen LogP contribution in [0.25, 0.3) is 0 Å². The first kappa shape index (κ1) is 20.4. The third-order valence-electron chi connectivity index (χ3n) is 4.90. The smallest absolute Gasteiger partial charge is 0.497 e. The first-order valence-corrected chi connectivity index (χ1v) is 10.2. The van der Waals surface area contributed by atoms with Gasteiger partial charge in [0.05, 0.1) is 25.3 Å². The summed E-state index contributed by atoms with van der Waals surface area (Å²) in [6.07, 6.45) is 0.0101. The lowest BCUT2D eigenvalue weighted by Gasteiger charge is -2.31. The van der Waals surface area contributed by atoms with Gasteiger partial charge in [-0.2, -0.15) is 4.89 Å². The summed E-state index contributed by atoms with van der Waals surface area (Å²) in [5, 5.41) is 12.5. The molecule has 0 saturated carbocycles. The second kappa shape index (κ2) is 9.26. The Labute approximate surface area is 164 Å². The van der Waals surface area contributed by atoms with Crippen LogP contribution in [-0.4, -0.2) is 48.0 Å². The minimum atomic E-state index is -2.43. The molecule has 3 rings (SSSR count). The van der Waals surface area contributed by atoms with Crippen molar-refractivity contribution < 1.29 is 28.8 Å². The molecule has 1 aliphatic heterocycles. The average Bonchev–Trinajstić information content (AvgIpc) is 2.72. The molecular weight excluding hydrogens is 381 g/mol. The van der Waals surface area contributed by atoms with Gasteiger partial charge in [0.1, 0.15) is 11.9 Å². The molecule has 2 unspecified atom stereocenters. The molecule has 0 spiro atoms. The molecule has 1 saturated heterocycles. The van der Waals surface area contributed by atoms with Crippen LogP contribution in [0.2, 0.25) is 0 Å². The van der Waals surface area contributed by atoms with Crippen molar-refractivity contribution in [2.24, 2.45) is 0 Å². The number of carboxylic acid groups (broad SMARTS) is 1. The van der Waals surface area contributed by atoms with E-state index < -0.39 is 25.8 Å². The van der Waals surface area contributed by atoms with Crippen molar-refractivity contribution in [2.75, 3.05) is 20.3 Å². The van der Waals surface area contributed by atoms with Crippen LogP contribution in [0, 0.1) is 0 Å². The van der Waals surface area contributed by atoms with Crippen LogP contribution in [0.1, 0.15) is 27.5 Å². The number of methoxy groups -OCH3 is 1. The zero-order chi connectivity index (χ0) is 20.1. The highest BCUT2D eigenvalue weighted by Gasteiger charge is 2.41. The Balaban J connectivity index is 1.64. The summed E-state index contributed by atoms with van der Waals surface area (Å²) >= 11 is 0. The Morgan fingerprint density at radius 1 is 1.32 bits per heavy atom. The number of nitrogens with one attached hydrogen (secondary N) is 1. The number of carboxylic acids is 1. The molecule has 0 bridgehead atoms. The number of hydrogen-bond acceptors (Lipinski definition) is 5. The van der Waals surface area contributed by atoms with Gasteiger partial charge in [0.25, 0.3) is 0 Å². The van der Waals surface area contributed by atoms with Gasteiger partial charge in [-0.25, -0.2) is 4.79 Å².